The van der Waals surface area contributed by atoms with Gasteiger partial charge in [0.05, 0.1) is 0 Å². The molecule has 0 aromatic carbocycles. The molecule has 2 aliphatic rings. The highest BCUT2D eigenvalue weighted by Gasteiger charge is 2.17. The maximum atomic E-state index is 12.1. The van der Waals surface area contributed by atoms with E-state index in [2.05, 4.69) is 37.3 Å². The summed E-state index contributed by atoms with van der Waals surface area (Å²) < 4.78 is 5.99. The van der Waals surface area contributed by atoms with Crippen LogP contribution < -0.4 is 16.1 Å². The van der Waals surface area contributed by atoms with Gasteiger partial charge in [0.2, 0.25) is 5.91 Å². The van der Waals surface area contributed by atoms with E-state index in [-0.39, 0.29) is 5.91 Å². The Bertz CT molecular complexity index is 866. The van der Waals surface area contributed by atoms with Gasteiger partial charge >= 0.3 is 0 Å². The Balaban J connectivity index is 1.84. The van der Waals surface area contributed by atoms with Crippen molar-refractivity contribution in [3.8, 4) is 0 Å². The van der Waals surface area contributed by atoms with E-state index >= 15 is 0 Å². The summed E-state index contributed by atoms with van der Waals surface area (Å²) in [6.45, 7) is 2.14. The average molecular weight is 338 g/mol. The summed E-state index contributed by atoms with van der Waals surface area (Å²) >= 11 is 0. The van der Waals surface area contributed by atoms with Crippen molar-refractivity contribution < 1.29 is 9.21 Å². The minimum atomic E-state index is 0.0746. The number of likely N-dealkylation sites (N-methyl/N-ethyl adjacent to an activating group) is 1. The third-order valence-corrected chi connectivity index (χ3v) is 4.58. The molecule has 0 fully saturated rings. The molecule has 0 saturated heterocycles. The lowest BCUT2D eigenvalue weighted by Crippen LogP contribution is -2.22. The van der Waals surface area contributed by atoms with Gasteiger partial charge in [0, 0.05) is 49.5 Å². The standard InChI is InChI=1S/C21H26N2O2/c1-4-5-6-10-21(24)22-15-8-7-9-19-17(13-15)18-14-16(23(2)3)11-12-20(18)25-19/h7-9,11-13H,4-6,10,14H2,1-3H3,(H,22,24). The number of allylic oxidation sites excluding steroid dienone is 4. The molecule has 0 aliphatic heterocycles. The Hall–Kier alpha value is -2.49. The van der Waals surface area contributed by atoms with Gasteiger partial charge < -0.3 is 14.6 Å². The zero-order valence-electron chi connectivity index (χ0n) is 15.3. The van der Waals surface area contributed by atoms with Gasteiger partial charge in [-0.1, -0.05) is 25.8 Å². The number of unbranched alkanes of at least 4 members (excludes halogenated alkanes) is 2. The number of rotatable bonds is 6. The van der Waals surface area contributed by atoms with Gasteiger partial charge in [-0.15, -0.1) is 0 Å². The Morgan fingerprint density at radius 2 is 2.04 bits per heavy atom. The van der Waals surface area contributed by atoms with E-state index in [1.807, 2.05) is 30.4 Å². The molecule has 0 bridgehead atoms. The van der Waals surface area contributed by atoms with Crippen LogP contribution in [0.2, 0.25) is 0 Å². The molecule has 1 amide bonds. The first-order chi connectivity index (χ1) is 12.1. The highest BCUT2D eigenvalue weighted by atomic mass is 16.3. The van der Waals surface area contributed by atoms with Crippen LogP contribution in [-0.4, -0.2) is 24.9 Å². The van der Waals surface area contributed by atoms with Crippen molar-refractivity contribution in [2.24, 2.45) is 0 Å². The van der Waals surface area contributed by atoms with Crippen molar-refractivity contribution in [1.82, 2.24) is 10.2 Å². The van der Waals surface area contributed by atoms with Crippen LogP contribution in [0.25, 0.3) is 18.2 Å². The molecule has 3 rings (SSSR count). The van der Waals surface area contributed by atoms with Gasteiger partial charge in [0.25, 0.3) is 0 Å². The number of furan rings is 1. The summed E-state index contributed by atoms with van der Waals surface area (Å²) in [4.78, 5) is 14.3. The van der Waals surface area contributed by atoms with Gasteiger partial charge in [0.1, 0.15) is 10.8 Å². The molecule has 1 N–H and O–H groups in total. The summed E-state index contributed by atoms with van der Waals surface area (Å²) in [5.74, 6) is 0.0746. The first-order valence-corrected chi connectivity index (χ1v) is 8.98. The Kier molecular flexibility index (Phi) is 5.27. The van der Waals surface area contributed by atoms with Crippen LogP contribution in [0.5, 0.6) is 0 Å². The van der Waals surface area contributed by atoms with E-state index in [0.717, 1.165) is 47.8 Å². The molecule has 0 atom stereocenters. The number of fused-ring (bicyclic) bond motifs is 3. The lowest BCUT2D eigenvalue weighted by Gasteiger charge is -2.18. The SMILES string of the molecule is CCCCCC(=O)NC1=Cc2c3c(oc2=CC=C1)=CC=C(N(C)C)C3. The van der Waals surface area contributed by atoms with Gasteiger partial charge in [-0.05, 0) is 36.8 Å². The van der Waals surface area contributed by atoms with Crippen LogP contribution in [0.4, 0.5) is 0 Å². The van der Waals surface area contributed by atoms with E-state index in [4.69, 9.17) is 4.42 Å². The van der Waals surface area contributed by atoms with E-state index in [1.165, 1.54) is 11.3 Å². The average Bonchev–Trinajstić information content (AvgIpc) is 2.79. The van der Waals surface area contributed by atoms with Crippen LogP contribution in [0.3, 0.4) is 0 Å². The molecule has 1 aromatic rings. The smallest absolute Gasteiger partial charge is 0.224 e. The highest BCUT2D eigenvalue weighted by molar-refractivity contribution is 5.80. The molecular weight excluding hydrogens is 312 g/mol. The van der Waals surface area contributed by atoms with Gasteiger partial charge in [-0.2, -0.15) is 0 Å². The molecule has 2 aliphatic carbocycles. The van der Waals surface area contributed by atoms with Crippen LogP contribution in [0.15, 0.2) is 34.0 Å². The third-order valence-electron chi connectivity index (χ3n) is 4.58. The fraction of sp³-hybridized carbons (Fsp3) is 0.381. The van der Waals surface area contributed by atoms with Gasteiger partial charge in [-0.25, -0.2) is 0 Å². The molecule has 4 nitrogen and oxygen atoms in total. The summed E-state index contributed by atoms with van der Waals surface area (Å²) in [7, 11) is 4.10. The number of carbonyl (C=O) groups excluding carboxylic acids is 1. The monoisotopic (exact) mass is 338 g/mol. The minimum absolute atomic E-state index is 0.0746. The second kappa shape index (κ2) is 7.60. The van der Waals surface area contributed by atoms with Gasteiger partial charge in [0.15, 0.2) is 0 Å². The van der Waals surface area contributed by atoms with Crippen molar-refractivity contribution in [3.05, 3.63) is 51.6 Å². The molecule has 25 heavy (non-hydrogen) atoms. The van der Waals surface area contributed by atoms with Crippen molar-refractivity contribution in [1.29, 1.82) is 0 Å². The van der Waals surface area contributed by atoms with E-state index in [0.29, 0.717) is 6.42 Å². The molecule has 1 heterocycles. The number of amides is 1. The molecule has 1 aromatic heterocycles. The highest BCUT2D eigenvalue weighted by Crippen LogP contribution is 2.17. The molecule has 0 radical (unpaired) electrons. The maximum absolute atomic E-state index is 12.1. The molecule has 0 saturated carbocycles. The Labute approximate surface area is 148 Å². The minimum Gasteiger partial charge on any atom is -0.456 e. The number of hydrogen-bond acceptors (Lipinski definition) is 3. The topological polar surface area (TPSA) is 45.5 Å². The van der Waals surface area contributed by atoms with E-state index < -0.39 is 0 Å². The van der Waals surface area contributed by atoms with Gasteiger partial charge in [-0.3, -0.25) is 4.79 Å². The number of nitrogens with one attached hydrogen (secondary N) is 1. The predicted octanol–water partition coefficient (Wildman–Crippen LogP) is 2.45. The number of carbonyl (C=O) groups is 1. The fourth-order valence-electron chi connectivity index (χ4n) is 3.11. The van der Waals surface area contributed by atoms with Crippen LogP contribution in [0.1, 0.15) is 43.7 Å². The van der Waals surface area contributed by atoms with Crippen molar-refractivity contribution in [2.75, 3.05) is 14.1 Å². The molecule has 0 spiro atoms. The molecule has 4 heteroatoms. The van der Waals surface area contributed by atoms with E-state index in [1.54, 1.807) is 0 Å². The molecule has 0 unspecified atom stereocenters. The predicted molar refractivity (Wildman–Crippen MR) is 102 cm³/mol. The second-order valence-corrected chi connectivity index (χ2v) is 6.75. The molecular formula is C21H26N2O2. The normalized spacial score (nSPS) is 15.0. The first-order valence-electron chi connectivity index (χ1n) is 8.98. The lowest BCUT2D eigenvalue weighted by molar-refractivity contribution is -0.120. The summed E-state index contributed by atoms with van der Waals surface area (Å²) in [6.07, 6.45) is 16.5. The number of nitrogens with zero attached hydrogens (tertiary/aromatic N) is 1. The first kappa shape index (κ1) is 17.3. The summed E-state index contributed by atoms with van der Waals surface area (Å²) in [5.41, 5.74) is 6.06. The van der Waals surface area contributed by atoms with E-state index in [9.17, 15) is 4.79 Å². The van der Waals surface area contributed by atoms with Crippen LogP contribution in [-0.2, 0) is 11.2 Å². The zero-order chi connectivity index (χ0) is 17.8. The van der Waals surface area contributed by atoms with Crippen molar-refractivity contribution in [3.63, 3.8) is 0 Å². The number of hydrogen-bond donors (Lipinski definition) is 1. The third kappa shape index (κ3) is 3.95. The van der Waals surface area contributed by atoms with Crippen LogP contribution in [0, 0.1) is 0 Å². The molecule has 132 valence electrons. The maximum Gasteiger partial charge on any atom is 0.224 e. The largest absolute Gasteiger partial charge is 0.456 e. The Morgan fingerprint density at radius 1 is 1.20 bits per heavy atom. The second-order valence-electron chi connectivity index (χ2n) is 6.75. The quantitative estimate of drug-likeness (QED) is 0.811. The summed E-state index contributed by atoms with van der Waals surface area (Å²) in [6, 6.07) is 0. The van der Waals surface area contributed by atoms with Crippen LogP contribution >= 0.6 is 0 Å². The fourth-order valence-corrected chi connectivity index (χ4v) is 3.11. The van der Waals surface area contributed by atoms with Crippen molar-refractivity contribution in [2.45, 2.75) is 39.0 Å². The lowest BCUT2D eigenvalue weighted by atomic mass is 10.0. The summed E-state index contributed by atoms with van der Waals surface area (Å²) in [5, 5.41) is 3.03. The van der Waals surface area contributed by atoms with Crippen molar-refractivity contribution >= 4 is 24.1 Å². The Morgan fingerprint density at radius 3 is 2.80 bits per heavy atom. The zero-order valence-corrected chi connectivity index (χ0v) is 15.3.